The van der Waals surface area contributed by atoms with E-state index in [1.165, 1.54) is 0 Å². The third-order valence-corrected chi connectivity index (χ3v) is 3.46. The maximum Gasteiger partial charge on any atom is 0.155 e. The fourth-order valence-electron chi connectivity index (χ4n) is 2.20. The Hall–Kier alpha value is -1.94. The van der Waals surface area contributed by atoms with Crippen LogP contribution in [0.4, 0.5) is 0 Å². The van der Waals surface area contributed by atoms with E-state index in [2.05, 4.69) is 12.0 Å². The van der Waals surface area contributed by atoms with Gasteiger partial charge in [0.2, 0.25) is 0 Å². The molecule has 2 rings (SSSR count). The Morgan fingerprint density at radius 2 is 2.05 bits per heavy atom. The number of Topliss-reactive ketones (excluding diaryl/α,β-unsaturated/α-hetero) is 1. The van der Waals surface area contributed by atoms with Gasteiger partial charge in [0.1, 0.15) is 0 Å². The zero-order valence-corrected chi connectivity index (χ0v) is 12.0. The molecule has 0 aliphatic heterocycles. The van der Waals surface area contributed by atoms with Gasteiger partial charge in [-0.25, -0.2) is 0 Å². The van der Waals surface area contributed by atoms with Crippen molar-refractivity contribution >= 4 is 5.78 Å². The predicted molar refractivity (Wildman–Crippen MR) is 79.4 cm³/mol. The largest absolute Gasteiger partial charge is 0.321 e. The van der Waals surface area contributed by atoms with Crippen molar-refractivity contribution < 1.29 is 4.79 Å². The van der Waals surface area contributed by atoms with Crippen LogP contribution in [0.1, 0.15) is 23.9 Å². The number of rotatable bonds is 6. The summed E-state index contributed by atoms with van der Waals surface area (Å²) in [6.07, 6.45) is 1.80. The van der Waals surface area contributed by atoms with Gasteiger partial charge in [-0.3, -0.25) is 9.48 Å². The molecule has 20 heavy (non-hydrogen) atoms. The third kappa shape index (κ3) is 3.54. The molecule has 0 amide bonds. The molecule has 4 nitrogen and oxygen atoms in total. The molecule has 0 spiro atoms. The number of hydrogen-bond acceptors (Lipinski definition) is 3. The van der Waals surface area contributed by atoms with E-state index in [1.807, 2.05) is 43.4 Å². The molecule has 1 aromatic carbocycles. The molecule has 4 heteroatoms. The van der Waals surface area contributed by atoms with Crippen LogP contribution in [0.25, 0.3) is 0 Å². The number of carbonyl (C=O) groups is 1. The summed E-state index contributed by atoms with van der Waals surface area (Å²) < 4.78 is 1.77. The molecule has 0 saturated heterocycles. The molecule has 1 heterocycles. The highest BCUT2D eigenvalue weighted by molar-refractivity contribution is 5.85. The Bertz CT molecular complexity index is 575. The van der Waals surface area contributed by atoms with Gasteiger partial charge in [-0.1, -0.05) is 37.3 Å². The van der Waals surface area contributed by atoms with Crippen molar-refractivity contribution in [3.8, 4) is 0 Å². The van der Waals surface area contributed by atoms with Crippen molar-refractivity contribution in [2.24, 2.45) is 12.8 Å². The zero-order chi connectivity index (χ0) is 14.5. The van der Waals surface area contributed by atoms with E-state index in [1.54, 1.807) is 4.68 Å². The van der Waals surface area contributed by atoms with Crippen molar-refractivity contribution in [3.63, 3.8) is 0 Å². The van der Waals surface area contributed by atoms with Crippen LogP contribution >= 0.6 is 0 Å². The quantitative estimate of drug-likeness (QED) is 0.869. The van der Waals surface area contributed by atoms with E-state index < -0.39 is 6.04 Å². The average molecular weight is 271 g/mol. The summed E-state index contributed by atoms with van der Waals surface area (Å²) in [4.78, 5) is 12.2. The van der Waals surface area contributed by atoms with Gasteiger partial charge in [0.05, 0.1) is 18.2 Å². The van der Waals surface area contributed by atoms with Crippen molar-refractivity contribution in [1.82, 2.24) is 9.78 Å². The monoisotopic (exact) mass is 271 g/mol. The van der Waals surface area contributed by atoms with Gasteiger partial charge in [-0.05, 0) is 24.5 Å². The minimum Gasteiger partial charge on any atom is -0.321 e. The van der Waals surface area contributed by atoms with E-state index in [-0.39, 0.29) is 5.78 Å². The van der Waals surface area contributed by atoms with Crippen LogP contribution in [0, 0.1) is 0 Å². The minimum atomic E-state index is -0.461. The van der Waals surface area contributed by atoms with E-state index in [9.17, 15) is 4.79 Å². The number of ketones is 1. The number of carbonyl (C=O) groups excluding carboxylic acids is 1. The van der Waals surface area contributed by atoms with Crippen molar-refractivity contribution in [2.75, 3.05) is 0 Å². The van der Waals surface area contributed by atoms with E-state index in [0.29, 0.717) is 12.8 Å². The minimum absolute atomic E-state index is 0.0551. The standard InChI is InChI=1S/C16H21N3O/c1-3-13-10-14(19(2)18-13)11-16(20)15(17)9-12-7-5-4-6-8-12/h4-8,10,15H,3,9,11,17H2,1-2H3. The number of nitrogens with zero attached hydrogens (tertiary/aromatic N) is 2. The van der Waals surface area contributed by atoms with Crippen LogP contribution in [0.5, 0.6) is 0 Å². The van der Waals surface area contributed by atoms with Crippen molar-refractivity contribution in [3.05, 3.63) is 53.3 Å². The molecule has 0 fully saturated rings. The van der Waals surface area contributed by atoms with Gasteiger partial charge in [0.15, 0.2) is 5.78 Å². The molecule has 2 N–H and O–H groups in total. The summed E-state index contributed by atoms with van der Waals surface area (Å²) in [5, 5.41) is 4.35. The number of nitrogens with two attached hydrogens (primary N) is 1. The molecular weight excluding hydrogens is 250 g/mol. The first kappa shape index (κ1) is 14.5. The van der Waals surface area contributed by atoms with Gasteiger partial charge >= 0.3 is 0 Å². The number of aryl methyl sites for hydroxylation is 2. The maximum atomic E-state index is 12.2. The second-order valence-corrected chi connectivity index (χ2v) is 5.04. The van der Waals surface area contributed by atoms with Crippen molar-refractivity contribution in [2.45, 2.75) is 32.2 Å². The van der Waals surface area contributed by atoms with Crippen molar-refractivity contribution in [1.29, 1.82) is 0 Å². The van der Waals surface area contributed by atoms with Crippen LogP contribution in [-0.4, -0.2) is 21.6 Å². The van der Waals surface area contributed by atoms with Crippen LogP contribution in [-0.2, 0) is 31.1 Å². The zero-order valence-electron chi connectivity index (χ0n) is 12.0. The highest BCUT2D eigenvalue weighted by Crippen LogP contribution is 2.08. The Labute approximate surface area is 119 Å². The van der Waals surface area contributed by atoms with Crippen LogP contribution in [0.15, 0.2) is 36.4 Å². The summed E-state index contributed by atoms with van der Waals surface area (Å²) >= 11 is 0. The number of hydrogen-bond donors (Lipinski definition) is 1. The molecule has 0 aliphatic carbocycles. The fourth-order valence-corrected chi connectivity index (χ4v) is 2.20. The normalized spacial score (nSPS) is 12.3. The molecule has 0 saturated carbocycles. The van der Waals surface area contributed by atoms with Gasteiger partial charge in [0.25, 0.3) is 0 Å². The Morgan fingerprint density at radius 3 is 2.65 bits per heavy atom. The summed E-state index contributed by atoms with van der Waals surface area (Å²) in [6.45, 7) is 2.05. The third-order valence-electron chi connectivity index (χ3n) is 3.46. The van der Waals surface area contributed by atoms with Crippen LogP contribution in [0.3, 0.4) is 0 Å². The highest BCUT2D eigenvalue weighted by Gasteiger charge is 2.16. The summed E-state index contributed by atoms with van der Waals surface area (Å²) in [5.41, 5.74) is 9.03. The lowest BCUT2D eigenvalue weighted by Crippen LogP contribution is -2.34. The molecule has 1 unspecified atom stereocenters. The molecule has 0 aliphatic rings. The molecule has 2 aromatic rings. The van der Waals surface area contributed by atoms with Crippen LogP contribution < -0.4 is 5.73 Å². The fraction of sp³-hybridized carbons (Fsp3) is 0.375. The summed E-state index contributed by atoms with van der Waals surface area (Å²) in [6, 6.07) is 11.4. The lowest BCUT2D eigenvalue weighted by molar-refractivity contribution is -0.119. The first-order valence-corrected chi connectivity index (χ1v) is 6.94. The highest BCUT2D eigenvalue weighted by atomic mass is 16.1. The van der Waals surface area contributed by atoms with Gasteiger partial charge in [-0.15, -0.1) is 0 Å². The lowest BCUT2D eigenvalue weighted by atomic mass is 10.0. The van der Waals surface area contributed by atoms with Gasteiger partial charge in [0, 0.05) is 12.7 Å². The maximum absolute atomic E-state index is 12.2. The Kier molecular flexibility index (Phi) is 4.69. The van der Waals surface area contributed by atoms with Crippen LogP contribution in [0.2, 0.25) is 0 Å². The molecule has 1 aromatic heterocycles. The molecule has 0 radical (unpaired) electrons. The van der Waals surface area contributed by atoms with E-state index in [0.717, 1.165) is 23.4 Å². The molecule has 1 atom stereocenters. The second-order valence-electron chi connectivity index (χ2n) is 5.04. The first-order valence-electron chi connectivity index (χ1n) is 6.94. The Morgan fingerprint density at radius 1 is 1.35 bits per heavy atom. The van der Waals surface area contributed by atoms with E-state index >= 15 is 0 Å². The lowest BCUT2D eigenvalue weighted by Gasteiger charge is -2.10. The SMILES string of the molecule is CCc1cc(CC(=O)C(N)Cc2ccccc2)n(C)n1. The molecule has 106 valence electrons. The average Bonchev–Trinajstić information content (AvgIpc) is 2.80. The first-order chi connectivity index (χ1) is 9.60. The topological polar surface area (TPSA) is 60.9 Å². The number of benzene rings is 1. The van der Waals surface area contributed by atoms with Gasteiger partial charge < -0.3 is 5.73 Å². The molecular formula is C16H21N3O. The summed E-state index contributed by atoms with van der Waals surface area (Å²) in [5.74, 6) is 0.0551. The van der Waals surface area contributed by atoms with Gasteiger partial charge in [-0.2, -0.15) is 5.10 Å². The predicted octanol–water partition coefficient (Wildman–Crippen LogP) is 1.66. The summed E-state index contributed by atoms with van der Waals surface area (Å²) in [7, 11) is 1.87. The Balaban J connectivity index is 1.98. The smallest absolute Gasteiger partial charge is 0.155 e. The second kappa shape index (κ2) is 6.48. The van der Waals surface area contributed by atoms with E-state index in [4.69, 9.17) is 5.73 Å². The number of aromatic nitrogens is 2. The molecule has 0 bridgehead atoms.